The third kappa shape index (κ3) is 2.03. The van der Waals surface area contributed by atoms with Crippen molar-refractivity contribution >= 4 is 11.9 Å². The number of halogens is 1. The molecule has 2 N–H and O–H groups in total. The number of ether oxygens (including phenoxy) is 1. The van der Waals surface area contributed by atoms with Crippen LogP contribution < -0.4 is 10.5 Å². The molecule has 0 spiro atoms. The predicted molar refractivity (Wildman–Crippen MR) is 54.5 cm³/mol. The van der Waals surface area contributed by atoms with Gasteiger partial charge in [-0.25, -0.2) is 9.18 Å². The third-order valence-electron chi connectivity index (χ3n) is 1.94. The molecule has 0 saturated heterocycles. The Hall–Kier alpha value is -2.30. The Kier molecular flexibility index (Phi) is 2.59. The topological polar surface area (TPSA) is 65.5 Å². The average Bonchev–Trinajstić information content (AvgIpc) is 2.68. The summed E-state index contributed by atoms with van der Waals surface area (Å²) in [5.41, 5.74) is 5.53. The van der Waals surface area contributed by atoms with Gasteiger partial charge < -0.3 is 14.9 Å². The van der Waals surface area contributed by atoms with Crippen molar-refractivity contribution in [2.45, 2.75) is 0 Å². The number of benzene rings is 1. The molecule has 2 rings (SSSR count). The minimum Gasteiger partial charge on any atom is -0.448 e. The molecule has 16 heavy (non-hydrogen) atoms. The first-order valence-corrected chi connectivity index (χ1v) is 4.47. The van der Waals surface area contributed by atoms with E-state index >= 15 is 0 Å². The van der Waals surface area contributed by atoms with Gasteiger partial charge in [0.15, 0.2) is 0 Å². The number of hydrogen-bond acceptors (Lipinski definition) is 4. The molecule has 1 aromatic heterocycles. The molecule has 0 aliphatic carbocycles. The van der Waals surface area contributed by atoms with Gasteiger partial charge in [0.1, 0.15) is 17.1 Å². The van der Waals surface area contributed by atoms with E-state index in [-0.39, 0.29) is 17.2 Å². The van der Waals surface area contributed by atoms with E-state index in [0.717, 1.165) is 0 Å². The largest absolute Gasteiger partial charge is 0.448 e. The van der Waals surface area contributed by atoms with E-state index in [1.165, 1.54) is 36.6 Å². The highest BCUT2D eigenvalue weighted by Crippen LogP contribution is 2.17. The molecule has 1 heterocycles. The second-order valence-corrected chi connectivity index (χ2v) is 3.04. The SMILES string of the molecule is Nc1occc1C(=O)Oc1ccc(F)cc1. The molecular formula is C11H8FNO3. The zero-order valence-corrected chi connectivity index (χ0v) is 8.14. The monoisotopic (exact) mass is 221 g/mol. The van der Waals surface area contributed by atoms with Gasteiger partial charge in [-0.15, -0.1) is 0 Å². The van der Waals surface area contributed by atoms with Crippen LogP contribution in [0, 0.1) is 5.82 Å². The molecule has 2 aromatic rings. The lowest BCUT2D eigenvalue weighted by Crippen LogP contribution is -2.09. The van der Waals surface area contributed by atoms with E-state index in [0.29, 0.717) is 0 Å². The van der Waals surface area contributed by atoms with E-state index in [2.05, 4.69) is 0 Å². The van der Waals surface area contributed by atoms with Crippen molar-refractivity contribution in [3.05, 3.63) is 48.0 Å². The van der Waals surface area contributed by atoms with Crippen molar-refractivity contribution in [2.75, 3.05) is 5.73 Å². The fraction of sp³-hybridized carbons (Fsp3) is 0. The normalized spacial score (nSPS) is 10.1. The second-order valence-electron chi connectivity index (χ2n) is 3.04. The van der Waals surface area contributed by atoms with Crippen LogP contribution in [0.25, 0.3) is 0 Å². The molecule has 82 valence electrons. The summed E-state index contributed by atoms with van der Waals surface area (Å²) in [7, 11) is 0. The molecule has 5 heteroatoms. The lowest BCUT2D eigenvalue weighted by Gasteiger charge is -2.02. The Morgan fingerprint density at radius 3 is 2.50 bits per heavy atom. The summed E-state index contributed by atoms with van der Waals surface area (Å²) in [6, 6.07) is 6.50. The Morgan fingerprint density at radius 1 is 1.25 bits per heavy atom. The van der Waals surface area contributed by atoms with Crippen LogP contribution in [0.15, 0.2) is 41.0 Å². The fourth-order valence-electron chi connectivity index (χ4n) is 1.15. The van der Waals surface area contributed by atoms with Gasteiger partial charge >= 0.3 is 5.97 Å². The molecular weight excluding hydrogens is 213 g/mol. The molecule has 0 bridgehead atoms. The van der Waals surface area contributed by atoms with E-state index in [4.69, 9.17) is 14.9 Å². The average molecular weight is 221 g/mol. The standard InChI is InChI=1S/C11H8FNO3/c12-7-1-3-8(4-2-7)16-11(14)9-5-6-15-10(9)13/h1-6H,13H2. The first-order chi connectivity index (χ1) is 7.66. The van der Waals surface area contributed by atoms with Gasteiger partial charge in [-0.2, -0.15) is 0 Å². The van der Waals surface area contributed by atoms with Crippen LogP contribution in [-0.4, -0.2) is 5.97 Å². The van der Waals surface area contributed by atoms with Crippen molar-refractivity contribution < 1.29 is 18.3 Å². The molecule has 1 aromatic carbocycles. The highest BCUT2D eigenvalue weighted by atomic mass is 19.1. The van der Waals surface area contributed by atoms with E-state index in [9.17, 15) is 9.18 Å². The Labute approximate surface area is 90.4 Å². The number of furan rings is 1. The maximum absolute atomic E-state index is 12.6. The summed E-state index contributed by atoms with van der Waals surface area (Å²) in [5, 5.41) is 0. The molecule has 0 radical (unpaired) electrons. The smallest absolute Gasteiger partial charge is 0.349 e. The Morgan fingerprint density at radius 2 is 1.94 bits per heavy atom. The summed E-state index contributed by atoms with van der Waals surface area (Å²) in [6.45, 7) is 0. The molecule has 4 nitrogen and oxygen atoms in total. The maximum Gasteiger partial charge on any atom is 0.349 e. The first-order valence-electron chi connectivity index (χ1n) is 4.47. The van der Waals surface area contributed by atoms with Crippen molar-refractivity contribution in [3.8, 4) is 5.75 Å². The van der Waals surface area contributed by atoms with Crippen molar-refractivity contribution in [2.24, 2.45) is 0 Å². The number of anilines is 1. The molecule has 0 fully saturated rings. The fourth-order valence-corrected chi connectivity index (χ4v) is 1.15. The van der Waals surface area contributed by atoms with E-state index < -0.39 is 11.8 Å². The summed E-state index contributed by atoms with van der Waals surface area (Å²) >= 11 is 0. The van der Waals surface area contributed by atoms with Gasteiger partial charge in [-0.3, -0.25) is 0 Å². The van der Waals surface area contributed by atoms with Crippen molar-refractivity contribution in [3.63, 3.8) is 0 Å². The van der Waals surface area contributed by atoms with Crippen LogP contribution in [0.4, 0.5) is 10.3 Å². The zero-order chi connectivity index (χ0) is 11.5. The second kappa shape index (κ2) is 4.06. The molecule has 0 amide bonds. The summed E-state index contributed by atoms with van der Waals surface area (Å²) in [4.78, 5) is 11.5. The van der Waals surface area contributed by atoms with Gasteiger partial charge in [0.05, 0.1) is 6.26 Å². The van der Waals surface area contributed by atoms with Crippen molar-refractivity contribution in [1.29, 1.82) is 0 Å². The van der Waals surface area contributed by atoms with Gasteiger partial charge in [-0.05, 0) is 30.3 Å². The molecule has 0 aliphatic heterocycles. The Balaban J connectivity index is 2.14. The summed E-state index contributed by atoms with van der Waals surface area (Å²) in [5.74, 6) is -0.806. The van der Waals surface area contributed by atoms with Crippen LogP contribution in [-0.2, 0) is 0 Å². The number of hydrogen-bond donors (Lipinski definition) is 1. The highest BCUT2D eigenvalue weighted by Gasteiger charge is 2.14. The van der Waals surface area contributed by atoms with E-state index in [1.54, 1.807) is 0 Å². The van der Waals surface area contributed by atoms with Crippen LogP contribution >= 0.6 is 0 Å². The van der Waals surface area contributed by atoms with Gasteiger partial charge in [0.2, 0.25) is 5.88 Å². The maximum atomic E-state index is 12.6. The molecule has 0 saturated carbocycles. The summed E-state index contributed by atoms with van der Waals surface area (Å²) in [6.07, 6.45) is 1.29. The highest BCUT2D eigenvalue weighted by molar-refractivity contribution is 5.95. The molecule has 0 unspecified atom stereocenters. The van der Waals surface area contributed by atoms with Crippen LogP contribution in [0.1, 0.15) is 10.4 Å². The predicted octanol–water partition coefficient (Wildman–Crippen LogP) is 2.22. The number of rotatable bonds is 2. The Bertz CT molecular complexity index is 504. The minimum absolute atomic E-state index is 0.00730. The van der Waals surface area contributed by atoms with E-state index in [1.807, 2.05) is 0 Å². The quantitative estimate of drug-likeness (QED) is 0.623. The van der Waals surface area contributed by atoms with Crippen molar-refractivity contribution in [1.82, 2.24) is 0 Å². The van der Waals surface area contributed by atoms with Crippen LogP contribution in [0.3, 0.4) is 0 Å². The lowest BCUT2D eigenvalue weighted by atomic mass is 10.3. The number of nitrogens with two attached hydrogens (primary N) is 1. The van der Waals surface area contributed by atoms with Crippen LogP contribution in [0.2, 0.25) is 0 Å². The molecule has 0 atom stereocenters. The van der Waals surface area contributed by atoms with Gasteiger partial charge in [0, 0.05) is 0 Å². The molecule has 0 aliphatic rings. The van der Waals surface area contributed by atoms with Gasteiger partial charge in [-0.1, -0.05) is 0 Å². The number of esters is 1. The van der Waals surface area contributed by atoms with Crippen LogP contribution in [0.5, 0.6) is 5.75 Å². The number of nitrogen functional groups attached to an aromatic ring is 1. The first kappa shape index (κ1) is 10.2. The zero-order valence-electron chi connectivity index (χ0n) is 8.14. The third-order valence-corrected chi connectivity index (χ3v) is 1.94. The minimum atomic E-state index is -0.641. The summed E-state index contributed by atoms with van der Waals surface area (Å²) < 4.78 is 22.3. The number of carbonyl (C=O) groups is 1. The van der Waals surface area contributed by atoms with Gasteiger partial charge in [0.25, 0.3) is 0 Å². The lowest BCUT2D eigenvalue weighted by molar-refractivity contribution is 0.0735. The number of carbonyl (C=O) groups excluding carboxylic acids is 1.